The van der Waals surface area contributed by atoms with Gasteiger partial charge in [0.1, 0.15) is 17.4 Å². The minimum Gasteiger partial charge on any atom is -0.497 e. The Bertz CT molecular complexity index is 1150. The average Bonchev–Trinajstić information content (AvgIpc) is 3.29. The number of nitrogens with zero attached hydrogens (tertiary/aromatic N) is 4. The number of likely N-dealkylation sites (tertiary alicyclic amines) is 1. The number of anilines is 1. The fourth-order valence-electron chi connectivity index (χ4n) is 4.99. The van der Waals surface area contributed by atoms with Gasteiger partial charge in [-0.25, -0.2) is 9.97 Å². The Balaban J connectivity index is 1.45. The molecule has 2 aliphatic heterocycles. The summed E-state index contributed by atoms with van der Waals surface area (Å²) in [6, 6.07) is 18.5. The largest absolute Gasteiger partial charge is 0.497 e. The number of aromatic nitrogens is 2. The number of aryl methyl sites for hydroxylation is 1. The van der Waals surface area contributed by atoms with E-state index in [0.29, 0.717) is 19.4 Å². The standard InChI is InChI=1S/C27H30N4O2/c1-19-23-13-14-25(32)31(18-20-8-4-3-5-9-20)27(23)29-26(28-19)24-12-7-15-30(24)17-21-10-6-11-22(16-21)33-2/h3-6,8-11,16,24H,7,12-15,17-18H2,1-2H3/t24-/m0/s1. The smallest absolute Gasteiger partial charge is 0.228 e. The van der Waals surface area contributed by atoms with Crippen LogP contribution in [-0.2, 0) is 24.3 Å². The van der Waals surface area contributed by atoms with Crippen molar-refractivity contribution in [1.29, 1.82) is 0 Å². The zero-order valence-corrected chi connectivity index (χ0v) is 19.3. The minimum atomic E-state index is 0.134. The van der Waals surface area contributed by atoms with Crippen LogP contribution in [0.15, 0.2) is 54.6 Å². The molecule has 0 radical (unpaired) electrons. The predicted molar refractivity (Wildman–Crippen MR) is 128 cm³/mol. The lowest BCUT2D eigenvalue weighted by Crippen LogP contribution is -2.37. The van der Waals surface area contributed by atoms with Crippen LogP contribution in [0.1, 0.15) is 53.5 Å². The summed E-state index contributed by atoms with van der Waals surface area (Å²) in [6.45, 7) is 4.44. The maximum Gasteiger partial charge on any atom is 0.228 e. The maximum absolute atomic E-state index is 12.9. The van der Waals surface area contributed by atoms with E-state index in [-0.39, 0.29) is 11.9 Å². The molecule has 0 unspecified atom stereocenters. The number of amides is 1. The number of benzene rings is 2. The molecule has 0 spiro atoms. The van der Waals surface area contributed by atoms with Crippen molar-refractivity contribution in [1.82, 2.24) is 14.9 Å². The van der Waals surface area contributed by atoms with Gasteiger partial charge in [0.25, 0.3) is 0 Å². The Morgan fingerprint density at radius 1 is 1.00 bits per heavy atom. The fourth-order valence-corrected chi connectivity index (χ4v) is 4.99. The summed E-state index contributed by atoms with van der Waals surface area (Å²) in [7, 11) is 1.70. The van der Waals surface area contributed by atoms with E-state index in [1.165, 1.54) is 5.56 Å². The van der Waals surface area contributed by atoms with Crippen LogP contribution >= 0.6 is 0 Å². The van der Waals surface area contributed by atoms with Crippen LogP contribution in [-0.4, -0.2) is 34.4 Å². The number of hydrogen-bond donors (Lipinski definition) is 0. The Labute approximate surface area is 195 Å². The van der Waals surface area contributed by atoms with Crippen molar-refractivity contribution >= 4 is 11.7 Å². The third-order valence-corrected chi connectivity index (χ3v) is 6.72. The van der Waals surface area contributed by atoms with Crippen LogP contribution < -0.4 is 9.64 Å². The molecule has 2 aromatic carbocycles. The number of carbonyl (C=O) groups is 1. The van der Waals surface area contributed by atoms with Gasteiger partial charge in [-0.15, -0.1) is 0 Å². The third kappa shape index (κ3) is 4.48. The molecule has 33 heavy (non-hydrogen) atoms. The van der Waals surface area contributed by atoms with Crippen molar-refractivity contribution in [2.75, 3.05) is 18.6 Å². The summed E-state index contributed by atoms with van der Waals surface area (Å²) < 4.78 is 5.40. The van der Waals surface area contributed by atoms with Gasteiger partial charge in [-0.2, -0.15) is 0 Å². The quantitative estimate of drug-likeness (QED) is 0.558. The normalized spacial score (nSPS) is 18.4. The first kappa shape index (κ1) is 21.6. The van der Waals surface area contributed by atoms with Crippen LogP contribution in [0.25, 0.3) is 0 Å². The fraction of sp³-hybridized carbons (Fsp3) is 0.370. The first-order chi connectivity index (χ1) is 16.1. The molecule has 1 saturated heterocycles. The molecule has 1 atom stereocenters. The Hall–Kier alpha value is -3.25. The van der Waals surface area contributed by atoms with Crippen molar-refractivity contribution in [2.45, 2.75) is 51.7 Å². The van der Waals surface area contributed by atoms with Gasteiger partial charge < -0.3 is 4.74 Å². The van der Waals surface area contributed by atoms with Gasteiger partial charge in [0.05, 0.1) is 19.7 Å². The van der Waals surface area contributed by atoms with Crippen molar-refractivity contribution in [2.24, 2.45) is 0 Å². The summed E-state index contributed by atoms with van der Waals surface area (Å²) in [5.74, 6) is 2.64. The second-order valence-electron chi connectivity index (χ2n) is 8.91. The van der Waals surface area contributed by atoms with Gasteiger partial charge in [-0.05, 0) is 56.0 Å². The van der Waals surface area contributed by atoms with E-state index in [1.807, 2.05) is 35.2 Å². The van der Waals surface area contributed by atoms with E-state index < -0.39 is 0 Å². The minimum absolute atomic E-state index is 0.134. The molecule has 6 heteroatoms. The molecule has 0 N–H and O–H groups in total. The van der Waals surface area contributed by atoms with Gasteiger partial charge in [0.2, 0.25) is 5.91 Å². The SMILES string of the molecule is COc1cccc(CN2CCC[C@H]2c2nc(C)c3c(n2)N(Cc2ccccc2)C(=O)CC3)c1. The molecule has 2 aliphatic rings. The summed E-state index contributed by atoms with van der Waals surface area (Å²) in [5.41, 5.74) is 4.43. The number of fused-ring (bicyclic) bond motifs is 1. The van der Waals surface area contributed by atoms with Crippen molar-refractivity contribution in [3.63, 3.8) is 0 Å². The summed E-state index contributed by atoms with van der Waals surface area (Å²) in [5, 5.41) is 0. The first-order valence-electron chi connectivity index (χ1n) is 11.7. The van der Waals surface area contributed by atoms with Crippen LogP contribution in [0.3, 0.4) is 0 Å². The van der Waals surface area contributed by atoms with Gasteiger partial charge in [-0.3, -0.25) is 14.6 Å². The Morgan fingerprint density at radius 3 is 2.64 bits per heavy atom. The van der Waals surface area contributed by atoms with Gasteiger partial charge in [-0.1, -0.05) is 42.5 Å². The van der Waals surface area contributed by atoms with Crippen LogP contribution in [0.4, 0.5) is 5.82 Å². The molecule has 0 saturated carbocycles. The molecule has 6 nitrogen and oxygen atoms in total. The summed E-state index contributed by atoms with van der Waals surface area (Å²) in [6.07, 6.45) is 3.36. The molecule has 1 amide bonds. The van der Waals surface area contributed by atoms with Gasteiger partial charge in [0, 0.05) is 24.2 Å². The molecule has 0 aliphatic carbocycles. The Morgan fingerprint density at radius 2 is 1.82 bits per heavy atom. The number of rotatable bonds is 6. The zero-order chi connectivity index (χ0) is 22.8. The van der Waals surface area contributed by atoms with Crippen molar-refractivity contribution in [3.05, 3.63) is 82.8 Å². The Kier molecular flexibility index (Phi) is 6.09. The molecule has 3 aromatic rings. The van der Waals surface area contributed by atoms with Crippen LogP contribution in [0.5, 0.6) is 5.75 Å². The molecule has 3 heterocycles. The third-order valence-electron chi connectivity index (χ3n) is 6.72. The molecule has 0 bridgehead atoms. The maximum atomic E-state index is 12.9. The van der Waals surface area contributed by atoms with Gasteiger partial charge in [0.15, 0.2) is 0 Å². The monoisotopic (exact) mass is 442 g/mol. The molecule has 5 rings (SSSR count). The van der Waals surface area contributed by atoms with E-state index in [9.17, 15) is 4.79 Å². The lowest BCUT2D eigenvalue weighted by molar-refractivity contribution is -0.119. The molecular formula is C27H30N4O2. The summed E-state index contributed by atoms with van der Waals surface area (Å²) in [4.78, 5) is 27.2. The second kappa shape index (κ2) is 9.32. The van der Waals surface area contributed by atoms with E-state index in [4.69, 9.17) is 14.7 Å². The predicted octanol–water partition coefficient (Wildman–Crippen LogP) is 4.61. The highest BCUT2D eigenvalue weighted by Gasteiger charge is 2.33. The zero-order valence-electron chi connectivity index (χ0n) is 19.3. The van der Waals surface area contributed by atoms with Crippen molar-refractivity contribution in [3.8, 4) is 5.75 Å². The number of methoxy groups -OCH3 is 1. The van der Waals surface area contributed by atoms with E-state index in [0.717, 1.165) is 60.1 Å². The number of hydrogen-bond acceptors (Lipinski definition) is 5. The number of carbonyl (C=O) groups excluding carboxylic acids is 1. The highest BCUT2D eigenvalue weighted by atomic mass is 16.5. The second-order valence-corrected chi connectivity index (χ2v) is 8.91. The molecule has 1 fully saturated rings. The van der Waals surface area contributed by atoms with Crippen LogP contribution in [0, 0.1) is 6.92 Å². The molecule has 1 aromatic heterocycles. The summed E-state index contributed by atoms with van der Waals surface area (Å²) >= 11 is 0. The topological polar surface area (TPSA) is 58.6 Å². The molecular weight excluding hydrogens is 412 g/mol. The number of ether oxygens (including phenoxy) is 1. The lowest BCUT2D eigenvalue weighted by Gasteiger charge is -2.31. The van der Waals surface area contributed by atoms with Crippen molar-refractivity contribution < 1.29 is 9.53 Å². The highest BCUT2D eigenvalue weighted by molar-refractivity contribution is 5.95. The van der Waals surface area contributed by atoms with E-state index >= 15 is 0 Å². The van der Waals surface area contributed by atoms with Crippen LogP contribution in [0.2, 0.25) is 0 Å². The highest BCUT2D eigenvalue weighted by Crippen LogP contribution is 2.36. The average molecular weight is 443 g/mol. The van der Waals surface area contributed by atoms with E-state index in [2.05, 4.69) is 36.1 Å². The first-order valence-corrected chi connectivity index (χ1v) is 11.7. The lowest BCUT2D eigenvalue weighted by atomic mass is 10.0. The van der Waals surface area contributed by atoms with Gasteiger partial charge >= 0.3 is 0 Å². The van der Waals surface area contributed by atoms with E-state index in [1.54, 1.807) is 7.11 Å². The molecule has 170 valence electrons.